The molecule has 3 N–H and O–H groups in total. The lowest BCUT2D eigenvalue weighted by atomic mass is 10.1. The van der Waals surface area contributed by atoms with Crippen molar-refractivity contribution >= 4 is 12.0 Å². The van der Waals surface area contributed by atoms with Crippen molar-refractivity contribution in [2.45, 2.75) is 26.4 Å². The van der Waals surface area contributed by atoms with Crippen molar-refractivity contribution < 1.29 is 14.7 Å². The molecule has 0 fully saturated rings. The van der Waals surface area contributed by atoms with Gasteiger partial charge in [0, 0.05) is 7.05 Å². The summed E-state index contributed by atoms with van der Waals surface area (Å²) in [5.74, 6) is -0.663. The lowest BCUT2D eigenvalue weighted by Crippen LogP contribution is -2.48. The zero-order chi connectivity index (χ0) is 13.7. The topological polar surface area (TPSA) is 109 Å². The fourth-order valence-corrected chi connectivity index (χ4v) is 1.33. The molecule has 0 radical (unpaired) electrons. The second-order valence-electron chi connectivity index (χ2n) is 4.25. The van der Waals surface area contributed by atoms with Crippen LogP contribution in [0.2, 0.25) is 0 Å². The summed E-state index contributed by atoms with van der Waals surface area (Å²) in [5, 5.41) is 21.3. The van der Waals surface area contributed by atoms with E-state index in [1.807, 2.05) is 0 Å². The van der Waals surface area contributed by atoms with Crippen molar-refractivity contribution in [2.75, 3.05) is 0 Å². The highest BCUT2D eigenvalue weighted by molar-refractivity contribution is 5.82. The summed E-state index contributed by atoms with van der Waals surface area (Å²) in [5.41, 5.74) is 0. The predicted octanol–water partition coefficient (Wildman–Crippen LogP) is -0.276. The highest BCUT2D eigenvalue weighted by Crippen LogP contribution is 2.01. The van der Waals surface area contributed by atoms with Crippen LogP contribution in [0.5, 0.6) is 0 Å². The Morgan fingerprint density at radius 3 is 2.61 bits per heavy atom. The van der Waals surface area contributed by atoms with E-state index in [4.69, 9.17) is 5.11 Å². The summed E-state index contributed by atoms with van der Waals surface area (Å²) in [6, 6.07) is -1.46. The summed E-state index contributed by atoms with van der Waals surface area (Å²) < 4.78 is 1.66. The average Bonchev–Trinajstić information content (AvgIpc) is 2.68. The zero-order valence-corrected chi connectivity index (χ0v) is 10.5. The summed E-state index contributed by atoms with van der Waals surface area (Å²) in [7, 11) is 1.75. The van der Waals surface area contributed by atoms with Gasteiger partial charge < -0.3 is 20.3 Å². The van der Waals surface area contributed by atoms with Gasteiger partial charge in [-0.2, -0.15) is 0 Å². The van der Waals surface area contributed by atoms with E-state index in [-0.39, 0.29) is 12.5 Å². The van der Waals surface area contributed by atoms with Crippen molar-refractivity contribution in [3.8, 4) is 0 Å². The molecule has 1 aromatic rings. The molecule has 0 saturated carbocycles. The zero-order valence-electron chi connectivity index (χ0n) is 10.5. The number of urea groups is 1. The quantitative estimate of drug-likeness (QED) is 0.670. The molecule has 1 aromatic heterocycles. The Morgan fingerprint density at radius 2 is 2.17 bits per heavy atom. The highest BCUT2D eigenvalue weighted by Gasteiger charge is 2.23. The van der Waals surface area contributed by atoms with Crippen molar-refractivity contribution in [1.82, 2.24) is 25.4 Å². The molecule has 1 atom stereocenters. The molecule has 1 heterocycles. The van der Waals surface area contributed by atoms with E-state index in [1.165, 1.54) is 6.33 Å². The van der Waals surface area contributed by atoms with Gasteiger partial charge in [0.15, 0.2) is 5.82 Å². The molecule has 18 heavy (non-hydrogen) atoms. The number of nitrogens with one attached hydrogen (secondary N) is 2. The molecule has 0 aliphatic heterocycles. The van der Waals surface area contributed by atoms with E-state index < -0.39 is 18.0 Å². The van der Waals surface area contributed by atoms with Crippen molar-refractivity contribution in [3.63, 3.8) is 0 Å². The van der Waals surface area contributed by atoms with Crippen LogP contribution in [0.1, 0.15) is 19.7 Å². The molecule has 0 saturated heterocycles. The number of carboxylic acids is 1. The van der Waals surface area contributed by atoms with E-state index in [9.17, 15) is 9.59 Å². The number of aromatic nitrogens is 3. The molecule has 100 valence electrons. The first-order chi connectivity index (χ1) is 8.41. The Balaban J connectivity index is 2.46. The van der Waals surface area contributed by atoms with Gasteiger partial charge in [0.05, 0.1) is 6.54 Å². The van der Waals surface area contributed by atoms with Crippen LogP contribution in [-0.4, -0.2) is 37.9 Å². The number of nitrogens with zero attached hydrogens (tertiary/aromatic N) is 3. The van der Waals surface area contributed by atoms with Gasteiger partial charge in [0.1, 0.15) is 12.4 Å². The maximum absolute atomic E-state index is 11.5. The van der Waals surface area contributed by atoms with E-state index in [2.05, 4.69) is 20.8 Å². The lowest BCUT2D eigenvalue weighted by molar-refractivity contribution is -0.140. The molecule has 8 heteroatoms. The maximum Gasteiger partial charge on any atom is 0.326 e. The van der Waals surface area contributed by atoms with Gasteiger partial charge in [0.2, 0.25) is 0 Å². The Bertz CT molecular complexity index is 429. The molecule has 0 unspecified atom stereocenters. The molecule has 0 aliphatic rings. The largest absolute Gasteiger partial charge is 0.480 e. The van der Waals surface area contributed by atoms with Crippen LogP contribution >= 0.6 is 0 Å². The third-order valence-electron chi connectivity index (χ3n) is 2.43. The molecular formula is C10H17N5O3. The van der Waals surface area contributed by atoms with Gasteiger partial charge >= 0.3 is 12.0 Å². The highest BCUT2D eigenvalue weighted by atomic mass is 16.4. The van der Waals surface area contributed by atoms with Crippen LogP contribution in [-0.2, 0) is 18.4 Å². The third kappa shape index (κ3) is 3.72. The van der Waals surface area contributed by atoms with Crippen molar-refractivity contribution in [3.05, 3.63) is 12.2 Å². The number of amides is 2. The number of aliphatic carboxylic acids is 1. The number of carbonyl (C=O) groups is 2. The molecule has 0 spiro atoms. The standard InChI is InChI=1S/C10H17N5O3/c1-6(2)8(9(16)17)13-10(18)11-4-7-14-12-5-15(7)3/h5-6,8H,4H2,1-3H3,(H,16,17)(H2,11,13,18)/t8-/m1/s1. The van der Waals surface area contributed by atoms with Crippen LogP contribution in [0.3, 0.4) is 0 Å². The van der Waals surface area contributed by atoms with Gasteiger partial charge in [-0.1, -0.05) is 13.8 Å². The minimum atomic E-state index is -1.06. The number of hydrogen-bond donors (Lipinski definition) is 3. The van der Waals surface area contributed by atoms with Gasteiger partial charge in [-0.05, 0) is 5.92 Å². The monoisotopic (exact) mass is 255 g/mol. The molecular weight excluding hydrogens is 238 g/mol. The third-order valence-corrected chi connectivity index (χ3v) is 2.43. The Morgan fingerprint density at radius 1 is 1.50 bits per heavy atom. The van der Waals surface area contributed by atoms with Gasteiger partial charge in [-0.3, -0.25) is 0 Å². The van der Waals surface area contributed by atoms with Gasteiger partial charge in [0.25, 0.3) is 0 Å². The minimum absolute atomic E-state index is 0.187. The number of hydrogen-bond acceptors (Lipinski definition) is 4. The van der Waals surface area contributed by atoms with E-state index >= 15 is 0 Å². The number of carbonyl (C=O) groups excluding carboxylic acids is 1. The summed E-state index contributed by atoms with van der Waals surface area (Å²) in [4.78, 5) is 22.4. The fourth-order valence-electron chi connectivity index (χ4n) is 1.33. The number of rotatable bonds is 5. The minimum Gasteiger partial charge on any atom is -0.480 e. The molecule has 8 nitrogen and oxygen atoms in total. The Hall–Kier alpha value is -2.12. The number of carboxylic acid groups (broad SMARTS) is 1. The van der Waals surface area contributed by atoms with E-state index in [1.54, 1.807) is 25.5 Å². The lowest BCUT2D eigenvalue weighted by Gasteiger charge is -2.18. The van der Waals surface area contributed by atoms with Gasteiger partial charge in [-0.15, -0.1) is 10.2 Å². The smallest absolute Gasteiger partial charge is 0.326 e. The van der Waals surface area contributed by atoms with Gasteiger partial charge in [-0.25, -0.2) is 9.59 Å². The molecule has 2 amide bonds. The molecule has 1 rings (SSSR count). The van der Waals surface area contributed by atoms with Crippen LogP contribution < -0.4 is 10.6 Å². The first kappa shape index (κ1) is 13.9. The summed E-state index contributed by atoms with van der Waals surface area (Å²) in [6.45, 7) is 3.64. The average molecular weight is 255 g/mol. The van der Waals surface area contributed by atoms with Crippen LogP contribution in [0.4, 0.5) is 4.79 Å². The second kappa shape index (κ2) is 5.99. The normalized spacial score (nSPS) is 12.2. The molecule has 0 bridgehead atoms. The van der Waals surface area contributed by atoms with Crippen molar-refractivity contribution in [1.29, 1.82) is 0 Å². The first-order valence-corrected chi connectivity index (χ1v) is 5.52. The first-order valence-electron chi connectivity index (χ1n) is 5.52. The number of aryl methyl sites for hydroxylation is 1. The second-order valence-corrected chi connectivity index (χ2v) is 4.25. The van der Waals surface area contributed by atoms with Crippen LogP contribution in [0, 0.1) is 5.92 Å². The maximum atomic E-state index is 11.5. The van der Waals surface area contributed by atoms with Crippen LogP contribution in [0.25, 0.3) is 0 Å². The Labute approximate surface area is 104 Å². The molecule has 0 aliphatic carbocycles. The fraction of sp³-hybridized carbons (Fsp3) is 0.600. The van der Waals surface area contributed by atoms with Crippen LogP contribution in [0.15, 0.2) is 6.33 Å². The predicted molar refractivity (Wildman–Crippen MR) is 62.6 cm³/mol. The van der Waals surface area contributed by atoms with Crippen molar-refractivity contribution in [2.24, 2.45) is 13.0 Å². The van der Waals surface area contributed by atoms with E-state index in [0.717, 1.165) is 0 Å². The summed E-state index contributed by atoms with van der Waals surface area (Å²) >= 11 is 0. The molecule has 0 aromatic carbocycles. The SMILES string of the molecule is CC(C)[C@@H](NC(=O)NCc1nncn1C)C(=O)O. The summed E-state index contributed by atoms with van der Waals surface area (Å²) in [6.07, 6.45) is 1.52. The van der Waals surface area contributed by atoms with E-state index in [0.29, 0.717) is 5.82 Å². The Kier molecular flexibility index (Phi) is 4.64.